The molecule has 1 atom stereocenters. The maximum absolute atomic E-state index is 6.05. The van der Waals surface area contributed by atoms with Crippen LogP contribution >= 0.6 is 23.2 Å². The van der Waals surface area contributed by atoms with Crippen LogP contribution in [0.1, 0.15) is 13.3 Å². The molecule has 1 unspecified atom stereocenters. The number of benzene rings is 1. The number of likely N-dealkylation sites (tertiary alicyclic amines) is 1. The van der Waals surface area contributed by atoms with Gasteiger partial charge in [-0.3, -0.25) is 4.90 Å². The van der Waals surface area contributed by atoms with E-state index >= 15 is 0 Å². The molecule has 1 aromatic rings. The van der Waals surface area contributed by atoms with Gasteiger partial charge in [0.2, 0.25) is 0 Å². The third-order valence-corrected chi connectivity index (χ3v) is 4.30. The average Bonchev–Trinajstić information content (AvgIpc) is 2.76. The molecule has 106 valence electrons. The molecular weight excluding hydrogens is 283 g/mol. The Labute approximate surface area is 124 Å². The molecule has 5 heteroatoms. The normalized spacial score (nSPS) is 23.8. The summed E-state index contributed by atoms with van der Waals surface area (Å²) in [5.74, 6) is 0.576. The fourth-order valence-electron chi connectivity index (χ4n) is 2.38. The molecule has 1 aromatic carbocycles. The molecule has 19 heavy (non-hydrogen) atoms. The van der Waals surface area contributed by atoms with E-state index < -0.39 is 0 Å². The van der Waals surface area contributed by atoms with Crippen molar-refractivity contribution in [1.82, 2.24) is 4.90 Å². The fourth-order valence-corrected chi connectivity index (χ4v) is 2.89. The Morgan fingerprint density at radius 2 is 2.05 bits per heavy atom. The molecular formula is C14H20Cl2N2O. The molecule has 0 aliphatic carbocycles. The highest BCUT2D eigenvalue weighted by Gasteiger charge is 2.32. The van der Waals surface area contributed by atoms with Crippen LogP contribution in [0.2, 0.25) is 10.0 Å². The summed E-state index contributed by atoms with van der Waals surface area (Å²) in [6.45, 7) is 6.54. The van der Waals surface area contributed by atoms with Crippen molar-refractivity contribution in [2.45, 2.75) is 13.3 Å². The summed E-state index contributed by atoms with van der Waals surface area (Å²) < 4.78 is 5.69. The molecule has 0 aromatic heterocycles. The van der Waals surface area contributed by atoms with Gasteiger partial charge in [-0.25, -0.2) is 0 Å². The Bertz CT molecular complexity index is 421. The third kappa shape index (κ3) is 3.76. The first-order chi connectivity index (χ1) is 9.04. The molecule has 1 aliphatic rings. The molecule has 0 radical (unpaired) electrons. The molecule has 1 saturated heterocycles. The van der Waals surface area contributed by atoms with E-state index in [2.05, 4.69) is 11.8 Å². The second-order valence-corrected chi connectivity index (χ2v) is 6.25. The topological polar surface area (TPSA) is 38.5 Å². The second-order valence-electron chi connectivity index (χ2n) is 5.44. The van der Waals surface area contributed by atoms with Gasteiger partial charge in [-0.2, -0.15) is 0 Å². The summed E-state index contributed by atoms with van der Waals surface area (Å²) in [6.07, 6.45) is 1.15. The number of nitrogens with two attached hydrogens (primary N) is 1. The fraction of sp³-hybridized carbons (Fsp3) is 0.571. The largest absolute Gasteiger partial charge is 0.489 e. The molecule has 1 heterocycles. The zero-order valence-electron chi connectivity index (χ0n) is 11.2. The monoisotopic (exact) mass is 302 g/mol. The Kier molecular flexibility index (Phi) is 4.96. The predicted molar refractivity (Wildman–Crippen MR) is 80.2 cm³/mol. The van der Waals surface area contributed by atoms with Crippen LogP contribution in [-0.4, -0.2) is 37.7 Å². The minimum absolute atomic E-state index is 0.252. The van der Waals surface area contributed by atoms with E-state index in [1.807, 2.05) is 6.07 Å². The maximum Gasteiger partial charge on any atom is 0.156 e. The minimum Gasteiger partial charge on any atom is -0.489 e. The van der Waals surface area contributed by atoms with Gasteiger partial charge in [-0.15, -0.1) is 0 Å². The lowest BCUT2D eigenvalue weighted by atomic mass is 9.90. The number of nitrogens with zero attached hydrogens (tertiary/aromatic N) is 1. The third-order valence-electron chi connectivity index (χ3n) is 3.70. The van der Waals surface area contributed by atoms with E-state index in [0.717, 1.165) is 32.6 Å². The first-order valence-electron chi connectivity index (χ1n) is 6.53. The molecule has 1 aliphatic heterocycles. The van der Waals surface area contributed by atoms with Gasteiger partial charge < -0.3 is 10.5 Å². The number of ether oxygens (including phenoxy) is 1. The average molecular weight is 303 g/mol. The van der Waals surface area contributed by atoms with Crippen LogP contribution in [0.3, 0.4) is 0 Å². The number of hydrogen-bond acceptors (Lipinski definition) is 3. The van der Waals surface area contributed by atoms with E-state index in [4.69, 9.17) is 33.7 Å². The van der Waals surface area contributed by atoms with Gasteiger partial charge in [-0.05, 0) is 37.1 Å². The molecule has 0 saturated carbocycles. The van der Waals surface area contributed by atoms with Crippen LogP contribution in [0.15, 0.2) is 18.2 Å². The van der Waals surface area contributed by atoms with Crippen LogP contribution in [0, 0.1) is 5.41 Å². The van der Waals surface area contributed by atoms with E-state index in [-0.39, 0.29) is 5.41 Å². The lowest BCUT2D eigenvalue weighted by molar-refractivity contribution is 0.219. The Hall–Kier alpha value is -0.480. The number of hydrogen-bond donors (Lipinski definition) is 1. The summed E-state index contributed by atoms with van der Waals surface area (Å²) >= 11 is 12.1. The lowest BCUT2D eigenvalue weighted by Gasteiger charge is -2.22. The highest BCUT2D eigenvalue weighted by Crippen LogP contribution is 2.32. The van der Waals surface area contributed by atoms with Crippen LogP contribution < -0.4 is 10.5 Å². The van der Waals surface area contributed by atoms with Crippen molar-refractivity contribution in [3.05, 3.63) is 28.2 Å². The standard InChI is InChI=1S/C14H20Cl2N2O/c1-14(9-17)5-6-18(10-14)7-8-19-13-11(15)3-2-4-12(13)16/h2-4H,5-10,17H2,1H3. The zero-order valence-corrected chi connectivity index (χ0v) is 12.7. The zero-order chi connectivity index (χ0) is 13.9. The smallest absolute Gasteiger partial charge is 0.156 e. The molecule has 1 fully saturated rings. The van der Waals surface area contributed by atoms with Crippen molar-refractivity contribution in [2.24, 2.45) is 11.1 Å². The lowest BCUT2D eigenvalue weighted by Crippen LogP contribution is -2.33. The first kappa shape index (κ1) is 14.9. The first-order valence-corrected chi connectivity index (χ1v) is 7.29. The summed E-state index contributed by atoms with van der Waals surface area (Å²) in [5.41, 5.74) is 6.05. The summed E-state index contributed by atoms with van der Waals surface area (Å²) in [6, 6.07) is 5.37. The number of halogens is 2. The Morgan fingerprint density at radius 1 is 1.37 bits per heavy atom. The number of rotatable bonds is 5. The van der Waals surface area contributed by atoms with Crippen molar-refractivity contribution in [3.8, 4) is 5.75 Å². The van der Waals surface area contributed by atoms with Crippen molar-refractivity contribution in [3.63, 3.8) is 0 Å². The summed E-state index contributed by atoms with van der Waals surface area (Å²) in [7, 11) is 0. The van der Waals surface area contributed by atoms with Crippen LogP contribution in [0.5, 0.6) is 5.75 Å². The summed E-state index contributed by atoms with van der Waals surface area (Å²) in [4.78, 5) is 2.37. The van der Waals surface area contributed by atoms with Gasteiger partial charge in [0.1, 0.15) is 6.61 Å². The second kappa shape index (κ2) is 6.31. The quantitative estimate of drug-likeness (QED) is 0.908. The van der Waals surface area contributed by atoms with Gasteiger partial charge in [0.25, 0.3) is 0 Å². The number of para-hydroxylation sites is 1. The minimum atomic E-state index is 0.252. The molecule has 2 rings (SSSR count). The van der Waals surface area contributed by atoms with Crippen molar-refractivity contribution in [1.29, 1.82) is 0 Å². The predicted octanol–water partition coefficient (Wildman–Crippen LogP) is 3.04. The molecule has 3 nitrogen and oxygen atoms in total. The SMILES string of the molecule is CC1(CN)CCN(CCOc2c(Cl)cccc2Cl)C1. The van der Waals surface area contributed by atoms with Gasteiger partial charge in [-0.1, -0.05) is 36.2 Å². The van der Waals surface area contributed by atoms with Crippen LogP contribution in [0.25, 0.3) is 0 Å². The van der Waals surface area contributed by atoms with Crippen LogP contribution in [-0.2, 0) is 0 Å². The van der Waals surface area contributed by atoms with E-state index in [1.165, 1.54) is 0 Å². The van der Waals surface area contributed by atoms with E-state index in [9.17, 15) is 0 Å². The van der Waals surface area contributed by atoms with Crippen LogP contribution in [0.4, 0.5) is 0 Å². The molecule has 0 amide bonds. The highest BCUT2D eigenvalue weighted by atomic mass is 35.5. The van der Waals surface area contributed by atoms with Crippen molar-refractivity contribution >= 4 is 23.2 Å². The molecule has 2 N–H and O–H groups in total. The van der Waals surface area contributed by atoms with E-state index in [1.54, 1.807) is 12.1 Å². The Balaban J connectivity index is 1.82. The maximum atomic E-state index is 6.05. The van der Waals surface area contributed by atoms with E-state index in [0.29, 0.717) is 22.4 Å². The molecule has 0 spiro atoms. The van der Waals surface area contributed by atoms with Crippen molar-refractivity contribution < 1.29 is 4.74 Å². The van der Waals surface area contributed by atoms with Gasteiger partial charge in [0.15, 0.2) is 5.75 Å². The highest BCUT2D eigenvalue weighted by molar-refractivity contribution is 6.37. The Morgan fingerprint density at radius 3 is 2.63 bits per heavy atom. The molecule has 0 bridgehead atoms. The van der Waals surface area contributed by atoms with Gasteiger partial charge in [0, 0.05) is 13.1 Å². The van der Waals surface area contributed by atoms with Gasteiger partial charge >= 0.3 is 0 Å². The summed E-state index contributed by atoms with van der Waals surface area (Å²) in [5, 5.41) is 1.11. The van der Waals surface area contributed by atoms with Crippen molar-refractivity contribution in [2.75, 3.05) is 32.8 Å². The van der Waals surface area contributed by atoms with Gasteiger partial charge in [0.05, 0.1) is 10.0 Å².